The van der Waals surface area contributed by atoms with Gasteiger partial charge in [0.2, 0.25) is 0 Å². The molecule has 0 saturated heterocycles. The number of hydrogen-bond donors (Lipinski definition) is 0. The quantitative estimate of drug-likeness (QED) is 0.0447. The largest absolute Gasteiger partial charge is 0.493 e. The Kier molecular flexibility index (Phi) is 22.0. The maximum Gasteiger partial charge on any atom is 0.185 e. The van der Waals surface area contributed by atoms with Gasteiger partial charge in [0, 0.05) is 16.0 Å². The Balaban J connectivity index is 1.54. The van der Waals surface area contributed by atoms with E-state index in [9.17, 15) is 4.79 Å². The van der Waals surface area contributed by atoms with Crippen LogP contribution in [0.5, 0.6) is 5.75 Å². The fourth-order valence-electron chi connectivity index (χ4n) is 5.25. The summed E-state index contributed by atoms with van der Waals surface area (Å²) in [7, 11) is 0. The van der Waals surface area contributed by atoms with Crippen molar-refractivity contribution in [3.8, 4) is 5.75 Å². The van der Waals surface area contributed by atoms with E-state index >= 15 is 0 Å². The Labute approximate surface area is 263 Å². The van der Waals surface area contributed by atoms with Gasteiger partial charge in [-0.25, -0.2) is 0 Å². The van der Waals surface area contributed by atoms with E-state index < -0.39 is 0 Å². The lowest BCUT2D eigenvalue weighted by Crippen LogP contribution is -1.99. The highest BCUT2D eigenvalue weighted by Crippen LogP contribution is 2.29. The van der Waals surface area contributed by atoms with Crippen LogP contribution in [0.25, 0.3) is 6.08 Å². The number of hydrogen-bond acceptors (Lipinski definition) is 3. The third kappa shape index (κ3) is 17.8. The van der Waals surface area contributed by atoms with Crippen LogP contribution in [-0.2, 0) is 0 Å². The summed E-state index contributed by atoms with van der Waals surface area (Å²) < 4.78 is 6.12. The molecule has 0 heterocycles. The van der Waals surface area contributed by atoms with Gasteiger partial charge in [-0.05, 0) is 42.9 Å². The average Bonchev–Trinajstić information content (AvgIpc) is 3.02. The monoisotopic (exact) mass is 592 g/mol. The molecule has 2 nitrogen and oxygen atoms in total. The molecule has 0 saturated carbocycles. The summed E-state index contributed by atoms with van der Waals surface area (Å²) in [6, 6.07) is 15.8. The third-order valence-electron chi connectivity index (χ3n) is 7.98. The molecule has 42 heavy (non-hydrogen) atoms. The average molecular weight is 593 g/mol. The van der Waals surface area contributed by atoms with Crippen LogP contribution in [0.1, 0.15) is 158 Å². The maximum absolute atomic E-state index is 12.5. The SMILES string of the molecule is CCCCCCCCCCCCCCCCCCCCSc1ccc(C=CC(=O)c2ccccc2)c(OCCCC)c1. The topological polar surface area (TPSA) is 26.3 Å². The first kappa shape index (κ1) is 36.2. The Morgan fingerprint density at radius 2 is 1.17 bits per heavy atom. The minimum Gasteiger partial charge on any atom is -0.493 e. The van der Waals surface area contributed by atoms with Crippen LogP contribution in [0.15, 0.2) is 59.5 Å². The minimum absolute atomic E-state index is 0.0163. The van der Waals surface area contributed by atoms with Gasteiger partial charge in [0.15, 0.2) is 5.78 Å². The zero-order valence-corrected chi connectivity index (χ0v) is 27.9. The van der Waals surface area contributed by atoms with E-state index in [2.05, 4.69) is 32.0 Å². The third-order valence-corrected chi connectivity index (χ3v) is 9.06. The van der Waals surface area contributed by atoms with Crippen LogP contribution in [0.3, 0.4) is 0 Å². The molecule has 0 aliphatic heterocycles. The molecule has 0 radical (unpaired) electrons. The standard InChI is InChI=1S/C39H60O2S/c1-3-5-7-8-9-10-11-12-13-14-15-16-17-18-19-20-21-25-33-42-37-30-28-36(39(34-37)41-32-6-4-2)29-31-38(40)35-26-23-22-24-27-35/h22-24,26-31,34H,3-21,25,32-33H2,1-2H3. The van der Waals surface area contributed by atoms with Crippen LogP contribution in [0, 0.1) is 0 Å². The molecule has 2 aromatic carbocycles. The van der Waals surface area contributed by atoms with E-state index in [1.54, 1.807) is 6.08 Å². The number of unbranched alkanes of at least 4 members (excludes halogenated alkanes) is 18. The smallest absolute Gasteiger partial charge is 0.185 e. The van der Waals surface area contributed by atoms with Gasteiger partial charge in [0.05, 0.1) is 6.61 Å². The highest BCUT2D eigenvalue weighted by Gasteiger charge is 2.06. The molecule has 2 aromatic rings. The van der Waals surface area contributed by atoms with Crippen molar-refractivity contribution in [2.45, 2.75) is 147 Å². The lowest BCUT2D eigenvalue weighted by molar-refractivity contribution is 0.104. The lowest BCUT2D eigenvalue weighted by Gasteiger charge is -2.11. The number of ether oxygens (including phenoxy) is 1. The van der Waals surface area contributed by atoms with E-state index in [0.29, 0.717) is 12.2 Å². The van der Waals surface area contributed by atoms with Crippen molar-refractivity contribution in [2.75, 3.05) is 12.4 Å². The molecule has 0 amide bonds. The molecule has 0 aliphatic rings. The van der Waals surface area contributed by atoms with Crippen molar-refractivity contribution in [1.29, 1.82) is 0 Å². The summed E-state index contributed by atoms with van der Waals surface area (Å²) in [6.07, 6.45) is 31.1. The molecular formula is C39H60O2S. The van der Waals surface area contributed by atoms with Gasteiger partial charge in [0.25, 0.3) is 0 Å². The molecular weight excluding hydrogens is 532 g/mol. The van der Waals surface area contributed by atoms with Crippen LogP contribution < -0.4 is 4.74 Å². The highest BCUT2D eigenvalue weighted by atomic mass is 32.2. The zero-order chi connectivity index (χ0) is 29.9. The first-order valence-electron chi connectivity index (χ1n) is 17.4. The molecule has 0 N–H and O–H groups in total. The van der Waals surface area contributed by atoms with Crippen LogP contribution in [-0.4, -0.2) is 18.1 Å². The van der Waals surface area contributed by atoms with Gasteiger partial charge in [0.1, 0.15) is 5.75 Å². The summed E-state index contributed by atoms with van der Waals surface area (Å²) in [6.45, 7) is 5.18. The summed E-state index contributed by atoms with van der Waals surface area (Å²) >= 11 is 1.92. The molecule has 2 rings (SSSR count). The Morgan fingerprint density at radius 1 is 0.643 bits per heavy atom. The molecule has 234 valence electrons. The first-order chi connectivity index (χ1) is 20.7. The van der Waals surface area contributed by atoms with Crippen molar-refractivity contribution >= 4 is 23.6 Å². The second-order valence-electron chi connectivity index (χ2n) is 11.8. The van der Waals surface area contributed by atoms with Crippen molar-refractivity contribution in [3.63, 3.8) is 0 Å². The van der Waals surface area contributed by atoms with Gasteiger partial charge in [-0.15, -0.1) is 11.8 Å². The predicted molar refractivity (Wildman–Crippen MR) is 186 cm³/mol. The molecule has 0 aliphatic carbocycles. The van der Waals surface area contributed by atoms with Crippen molar-refractivity contribution < 1.29 is 9.53 Å². The minimum atomic E-state index is 0.0163. The fraction of sp³-hybridized carbons (Fsp3) is 0.615. The number of rotatable bonds is 27. The molecule has 0 fully saturated rings. The molecule has 3 heteroatoms. The van der Waals surface area contributed by atoms with Crippen molar-refractivity contribution in [2.24, 2.45) is 0 Å². The summed E-state index contributed by atoms with van der Waals surface area (Å²) in [5.41, 5.74) is 1.67. The van der Waals surface area contributed by atoms with Crippen molar-refractivity contribution in [3.05, 3.63) is 65.7 Å². The van der Waals surface area contributed by atoms with Gasteiger partial charge >= 0.3 is 0 Å². The number of carbonyl (C=O) groups is 1. The second-order valence-corrected chi connectivity index (χ2v) is 13.0. The molecule has 0 spiro atoms. The molecule has 0 aromatic heterocycles. The van der Waals surface area contributed by atoms with E-state index in [1.165, 1.54) is 120 Å². The lowest BCUT2D eigenvalue weighted by atomic mass is 10.0. The van der Waals surface area contributed by atoms with Gasteiger partial charge < -0.3 is 4.74 Å². The van der Waals surface area contributed by atoms with Crippen LogP contribution in [0.2, 0.25) is 0 Å². The summed E-state index contributed by atoms with van der Waals surface area (Å²) in [4.78, 5) is 13.8. The van der Waals surface area contributed by atoms with Crippen LogP contribution in [0.4, 0.5) is 0 Å². The van der Waals surface area contributed by atoms with E-state index in [4.69, 9.17) is 4.74 Å². The maximum atomic E-state index is 12.5. The zero-order valence-electron chi connectivity index (χ0n) is 27.1. The number of benzene rings is 2. The van der Waals surface area contributed by atoms with Gasteiger partial charge in [-0.2, -0.15) is 0 Å². The van der Waals surface area contributed by atoms with Crippen LogP contribution >= 0.6 is 11.8 Å². The predicted octanol–water partition coefficient (Wildman–Crippen LogP) is 12.9. The Morgan fingerprint density at radius 3 is 1.71 bits per heavy atom. The number of ketones is 1. The van der Waals surface area contributed by atoms with Crippen molar-refractivity contribution in [1.82, 2.24) is 0 Å². The van der Waals surface area contributed by atoms with E-state index in [0.717, 1.165) is 29.9 Å². The molecule has 0 bridgehead atoms. The Bertz CT molecular complexity index is 952. The van der Waals surface area contributed by atoms with E-state index in [1.807, 2.05) is 48.2 Å². The highest BCUT2D eigenvalue weighted by molar-refractivity contribution is 7.99. The van der Waals surface area contributed by atoms with Gasteiger partial charge in [-0.3, -0.25) is 4.79 Å². The second kappa shape index (κ2) is 25.5. The number of carbonyl (C=O) groups excluding carboxylic acids is 1. The summed E-state index contributed by atoms with van der Waals surface area (Å²) in [5, 5.41) is 0. The molecule has 0 atom stereocenters. The Hall–Kier alpha value is -2.00. The summed E-state index contributed by atoms with van der Waals surface area (Å²) in [5.74, 6) is 2.04. The normalized spacial score (nSPS) is 11.4. The van der Waals surface area contributed by atoms with Gasteiger partial charge in [-0.1, -0.05) is 166 Å². The molecule has 0 unspecified atom stereocenters. The first-order valence-corrected chi connectivity index (χ1v) is 18.4. The fourth-order valence-corrected chi connectivity index (χ4v) is 6.19. The number of allylic oxidation sites excluding steroid dienone is 1. The number of thioether (sulfide) groups is 1. The van der Waals surface area contributed by atoms with E-state index in [-0.39, 0.29) is 5.78 Å².